The van der Waals surface area contributed by atoms with Crippen LogP contribution < -0.4 is 5.32 Å². The Labute approximate surface area is 83.1 Å². The molecular weight excluding hydrogens is 162 g/mol. The molecule has 0 spiro atoms. The summed E-state index contributed by atoms with van der Waals surface area (Å²) in [5.74, 6) is 0.906. The van der Waals surface area contributed by atoms with Gasteiger partial charge < -0.3 is 10.1 Å². The average Bonchev–Trinajstić information content (AvgIpc) is 2.24. The molecule has 2 unspecified atom stereocenters. The standard InChI is InChI=1S/C8H17N.C2H6.CH2O/c1-7-5-3-4-6-8(7)9-2;2*1-2/h7-9H,3-6H2,1-2H3;1-2H3;1H2. The largest absolute Gasteiger partial charge is 0.317 e. The first-order chi connectivity index (χ1) is 6.34. The Kier molecular flexibility index (Phi) is 13.5. The van der Waals surface area contributed by atoms with E-state index in [0.717, 1.165) is 12.0 Å². The lowest BCUT2D eigenvalue weighted by Gasteiger charge is -2.27. The lowest BCUT2D eigenvalue weighted by atomic mass is 9.86. The highest BCUT2D eigenvalue weighted by molar-refractivity contribution is 5.10. The first kappa shape index (κ1) is 15.1. The van der Waals surface area contributed by atoms with Crippen LogP contribution in [0.1, 0.15) is 46.5 Å². The van der Waals surface area contributed by atoms with Crippen LogP contribution in [-0.4, -0.2) is 19.9 Å². The second-order valence-corrected chi connectivity index (χ2v) is 3.16. The Hall–Kier alpha value is -0.370. The summed E-state index contributed by atoms with van der Waals surface area (Å²) in [6, 6.07) is 0.804. The third-order valence-electron chi connectivity index (χ3n) is 2.48. The van der Waals surface area contributed by atoms with E-state index >= 15 is 0 Å². The van der Waals surface area contributed by atoms with Gasteiger partial charge in [-0.15, -0.1) is 0 Å². The van der Waals surface area contributed by atoms with Crippen LogP contribution in [0.5, 0.6) is 0 Å². The lowest BCUT2D eigenvalue weighted by molar-refractivity contribution is -0.0979. The Morgan fingerprint density at radius 2 is 1.62 bits per heavy atom. The minimum atomic E-state index is 0.804. The van der Waals surface area contributed by atoms with Crippen molar-refractivity contribution in [2.45, 2.75) is 52.5 Å². The zero-order valence-electron chi connectivity index (χ0n) is 9.60. The molecule has 0 radical (unpaired) electrons. The third-order valence-corrected chi connectivity index (χ3v) is 2.48. The van der Waals surface area contributed by atoms with Gasteiger partial charge in [0.15, 0.2) is 0 Å². The summed E-state index contributed by atoms with van der Waals surface area (Å²) in [6.45, 7) is 8.35. The van der Waals surface area contributed by atoms with E-state index in [4.69, 9.17) is 4.79 Å². The van der Waals surface area contributed by atoms with Gasteiger partial charge in [-0.1, -0.05) is 33.6 Å². The van der Waals surface area contributed by atoms with E-state index in [1.165, 1.54) is 25.7 Å². The summed E-state index contributed by atoms with van der Waals surface area (Å²) in [5.41, 5.74) is 0. The Morgan fingerprint density at radius 1 is 1.15 bits per heavy atom. The van der Waals surface area contributed by atoms with Crippen LogP contribution in [0.15, 0.2) is 0 Å². The fourth-order valence-corrected chi connectivity index (χ4v) is 1.75. The minimum absolute atomic E-state index is 0.804. The van der Waals surface area contributed by atoms with Crippen molar-refractivity contribution < 1.29 is 4.79 Å². The van der Waals surface area contributed by atoms with Crippen LogP contribution in [-0.2, 0) is 4.79 Å². The molecule has 80 valence electrons. The van der Waals surface area contributed by atoms with Gasteiger partial charge in [-0.2, -0.15) is 0 Å². The average molecular weight is 187 g/mol. The maximum Gasteiger partial charge on any atom is 0.106 e. The number of carbonyl (C=O) groups is 1. The van der Waals surface area contributed by atoms with E-state index < -0.39 is 0 Å². The fraction of sp³-hybridized carbons (Fsp3) is 0.909. The molecule has 1 aliphatic carbocycles. The normalized spacial score (nSPS) is 26.2. The van der Waals surface area contributed by atoms with Crippen LogP contribution in [0.3, 0.4) is 0 Å². The van der Waals surface area contributed by atoms with Crippen molar-refractivity contribution in [3.63, 3.8) is 0 Å². The van der Waals surface area contributed by atoms with Gasteiger partial charge in [0.2, 0.25) is 0 Å². The van der Waals surface area contributed by atoms with Gasteiger partial charge in [-0.25, -0.2) is 0 Å². The molecule has 1 aliphatic rings. The minimum Gasteiger partial charge on any atom is -0.317 e. The molecule has 2 atom stereocenters. The molecule has 2 heteroatoms. The summed E-state index contributed by atoms with van der Waals surface area (Å²) in [6.07, 6.45) is 5.68. The molecule has 1 fully saturated rings. The summed E-state index contributed by atoms with van der Waals surface area (Å²) in [4.78, 5) is 8.00. The quantitative estimate of drug-likeness (QED) is 0.683. The molecule has 0 saturated heterocycles. The molecule has 0 aliphatic heterocycles. The maximum absolute atomic E-state index is 8.00. The predicted octanol–water partition coefficient (Wildman–Crippen LogP) is 2.63. The van der Waals surface area contributed by atoms with E-state index in [1.54, 1.807) is 0 Å². The van der Waals surface area contributed by atoms with Gasteiger partial charge in [0.05, 0.1) is 0 Å². The molecule has 13 heavy (non-hydrogen) atoms. The molecule has 1 rings (SSSR count). The topological polar surface area (TPSA) is 29.1 Å². The van der Waals surface area contributed by atoms with Gasteiger partial charge in [0.1, 0.15) is 6.79 Å². The molecule has 1 saturated carbocycles. The van der Waals surface area contributed by atoms with Crippen LogP contribution in [0, 0.1) is 5.92 Å². The molecule has 0 heterocycles. The Bertz CT molecular complexity index is 96.1. The summed E-state index contributed by atoms with van der Waals surface area (Å²) in [5, 5.41) is 3.35. The van der Waals surface area contributed by atoms with Crippen molar-refractivity contribution in [3.05, 3.63) is 0 Å². The van der Waals surface area contributed by atoms with Crippen LogP contribution in [0.4, 0.5) is 0 Å². The van der Waals surface area contributed by atoms with E-state index in [-0.39, 0.29) is 0 Å². The van der Waals surface area contributed by atoms with Gasteiger partial charge in [0, 0.05) is 6.04 Å². The first-order valence-corrected chi connectivity index (χ1v) is 5.30. The highest BCUT2D eigenvalue weighted by atomic mass is 16.1. The zero-order chi connectivity index (χ0) is 10.7. The van der Waals surface area contributed by atoms with Gasteiger partial charge in [0.25, 0.3) is 0 Å². The number of nitrogens with one attached hydrogen (secondary N) is 1. The molecule has 0 bridgehead atoms. The molecule has 0 amide bonds. The van der Waals surface area contributed by atoms with Crippen molar-refractivity contribution in [2.24, 2.45) is 5.92 Å². The number of carbonyl (C=O) groups excluding carboxylic acids is 1. The maximum atomic E-state index is 8.00. The van der Waals surface area contributed by atoms with E-state index in [1.807, 2.05) is 20.6 Å². The van der Waals surface area contributed by atoms with Gasteiger partial charge in [-0.3, -0.25) is 0 Å². The fourth-order valence-electron chi connectivity index (χ4n) is 1.75. The van der Waals surface area contributed by atoms with Crippen LogP contribution >= 0.6 is 0 Å². The van der Waals surface area contributed by atoms with E-state index in [9.17, 15) is 0 Å². The summed E-state index contributed by atoms with van der Waals surface area (Å²) >= 11 is 0. The summed E-state index contributed by atoms with van der Waals surface area (Å²) in [7, 11) is 2.08. The second-order valence-electron chi connectivity index (χ2n) is 3.16. The SMILES string of the molecule is C=O.CC.CNC1CCCCC1C. The monoisotopic (exact) mass is 187 g/mol. The van der Waals surface area contributed by atoms with Crippen LogP contribution in [0.2, 0.25) is 0 Å². The number of hydrogen-bond acceptors (Lipinski definition) is 2. The number of hydrogen-bond donors (Lipinski definition) is 1. The van der Waals surface area contributed by atoms with Crippen molar-refractivity contribution in [1.29, 1.82) is 0 Å². The van der Waals surface area contributed by atoms with Crippen molar-refractivity contribution >= 4 is 6.79 Å². The molecule has 0 aromatic carbocycles. The molecule has 1 N–H and O–H groups in total. The summed E-state index contributed by atoms with van der Waals surface area (Å²) < 4.78 is 0. The van der Waals surface area contributed by atoms with Crippen molar-refractivity contribution in [2.75, 3.05) is 7.05 Å². The van der Waals surface area contributed by atoms with Gasteiger partial charge in [-0.05, 0) is 25.8 Å². The first-order valence-electron chi connectivity index (χ1n) is 5.30. The highest BCUT2D eigenvalue weighted by Gasteiger charge is 2.18. The second kappa shape index (κ2) is 11.6. The Morgan fingerprint density at radius 3 is 1.92 bits per heavy atom. The smallest absolute Gasteiger partial charge is 0.106 e. The Balaban J connectivity index is 0. The number of rotatable bonds is 1. The zero-order valence-corrected chi connectivity index (χ0v) is 9.60. The van der Waals surface area contributed by atoms with Crippen LogP contribution in [0.25, 0.3) is 0 Å². The predicted molar refractivity (Wildman–Crippen MR) is 58.9 cm³/mol. The lowest BCUT2D eigenvalue weighted by Crippen LogP contribution is -2.34. The van der Waals surface area contributed by atoms with Gasteiger partial charge >= 0.3 is 0 Å². The van der Waals surface area contributed by atoms with E-state index in [0.29, 0.717) is 0 Å². The van der Waals surface area contributed by atoms with Crippen molar-refractivity contribution in [3.8, 4) is 0 Å². The highest BCUT2D eigenvalue weighted by Crippen LogP contribution is 2.22. The molecule has 2 nitrogen and oxygen atoms in total. The van der Waals surface area contributed by atoms with E-state index in [2.05, 4.69) is 19.3 Å². The molecular formula is C11H25NO. The third kappa shape index (κ3) is 6.76. The van der Waals surface area contributed by atoms with Crippen molar-refractivity contribution in [1.82, 2.24) is 5.32 Å². The molecule has 0 aromatic rings. The molecule has 0 aromatic heterocycles.